The molecule has 0 aromatic heterocycles. The number of rotatable bonds is 9. The number of benzene rings is 2. The Balaban J connectivity index is 0.00000312. The summed E-state index contributed by atoms with van der Waals surface area (Å²) in [4.78, 5) is -0.139. The molecule has 0 aliphatic carbocycles. The molecule has 0 bridgehead atoms. The maximum Gasteiger partial charge on any atom is 1.00 e. The number of hydrogen-bond acceptors (Lipinski definition) is 3. The molecule has 0 atom stereocenters. The molecule has 0 amide bonds. The fourth-order valence-corrected chi connectivity index (χ4v) is 3.65. The monoisotopic (exact) mass is 386 g/mol. The van der Waals surface area contributed by atoms with Crippen molar-refractivity contribution in [1.82, 2.24) is 0 Å². The van der Waals surface area contributed by atoms with Crippen LogP contribution in [0.15, 0.2) is 35.2 Å². The Morgan fingerprint density at radius 2 is 1.52 bits per heavy atom. The van der Waals surface area contributed by atoms with E-state index in [1.54, 1.807) is 6.07 Å². The van der Waals surface area contributed by atoms with Crippen molar-refractivity contribution < 1.29 is 64.4 Å². The first-order valence-corrected chi connectivity index (χ1v) is 10.4. The molecule has 5 heteroatoms. The van der Waals surface area contributed by atoms with Crippen molar-refractivity contribution in [3.63, 3.8) is 0 Å². The van der Waals surface area contributed by atoms with Gasteiger partial charge in [-0.1, -0.05) is 57.7 Å². The molecule has 2 aromatic carbocycles. The molecule has 0 fully saturated rings. The number of aryl methyl sites for hydroxylation is 2. The second-order valence-electron chi connectivity index (χ2n) is 6.51. The van der Waals surface area contributed by atoms with Crippen LogP contribution in [0.5, 0.6) is 0 Å². The van der Waals surface area contributed by atoms with Gasteiger partial charge in [0.05, 0.1) is 4.90 Å². The third kappa shape index (κ3) is 7.05. The number of unbranched alkanes of at least 4 members (excludes halogenated alkanes) is 4. The van der Waals surface area contributed by atoms with E-state index in [9.17, 15) is 13.0 Å². The van der Waals surface area contributed by atoms with Crippen molar-refractivity contribution in [2.45, 2.75) is 70.1 Å². The molecule has 0 aliphatic rings. The van der Waals surface area contributed by atoms with E-state index in [1.807, 2.05) is 6.07 Å². The zero-order valence-corrected chi connectivity index (χ0v) is 19.6. The molecular formula is C20H27KO3S. The van der Waals surface area contributed by atoms with Crippen LogP contribution in [0.2, 0.25) is 0 Å². The second-order valence-corrected chi connectivity index (χ2v) is 7.89. The first-order chi connectivity index (χ1) is 11.5. The second kappa shape index (κ2) is 11.2. The van der Waals surface area contributed by atoms with Crippen LogP contribution in [0.25, 0.3) is 10.8 Å². The van der Waals surface area contributed by atoms with E-state index in [0.29, 0.717) is 0 Å². The van der Waals surface area contributed by atoms with E-state index in [-0.39, 0.29) is 56.3 Å². The van der Waals surface area contributed by atoms with E-state index in [4.69, 9.17) is 0 Å². The van der Waals surface area contributed by atoms with Crippen LogP contribution < -0.4 is 51.4 Å². The van der Waals surface area contributed by atoms with Crippen LogP contribution in [0.4, 0.5) is 0 Å². The summed E-state index contributed by atoms with van der Waals surface area (Å²) in [5.74, 6) is 0. The zero-order chi connectivity index (χ0) is 17.6. The van der Waals surface area contributed by atoms with Crippen LogP contribution in [0.1, 0.15) is 63.5 Å². The van der Waals surface area contributed by atoms with Crippen molar-refractivity contribution in [3.05, 3.63) is 41.5 Å². The summed E-state index contributed by atoms with van der Waals surface area (Å²) in [6, 6.07) is 9.06. The standard InChI is InChI=1S/C20H28O3S.K/c1-3-5-7-9-16-13-17(10-8-6-4-2)20-12-11-19(24(21,22)23)15-18(20)14-16;/h11-15H,3-10H2,1-2H3,(H,21,22,23);/q;+1/p-1. The molecule has 132 valence electrons. The molecule has 0 radical (unpaired) electrons. The summed E-state index contributed by atoms with van der Waals surface area (Å²) in [5, 5.41) is 1.94. The molecule has 2 aromatic rings. The number of fused-ring (bicyclic) bond motifs is 1. The Kier molecular flexibility index (Phi) is 10.4. The third-order valence-corrected chi connectivity index (χ3v) is 5.31. The van der Waals surface area contributed by atoms with E-state index in [1.165, 1.54) is 48.9 Å². The van der Waals surface area contributed by atoms with E-state index in [0.717, 1.165) is 36.5 Å². The summed E-state index contributed by atoms with van der Waals surface area (Å²) in [5.41, 5.74) is 2.50. The van der Waals surface area contributed by atoms with Gasteiger partial charge in [0.15, 0.2) is 0 Å². The van der Waals surface area contributed by atoms with Gasteiger partial charge in [0, 0.05) is 0 Å². The van der Waals surface area contributed by atoms with Crippen molar-refractivity contribution in [2.24, 2.45) is 0 Å². The van der Waals surface area contributed by atoms with Gasteiger partial charge in [0.2, 0.25) is 0 Å². The van der Waals surface area contributed by atoms with Crippen LogP contribution in [-0.2, 0) is 23.0 Å². The van der Waals surface area contributed by atoms with Gasteiger partial charge in [-0.05, 0) is 59.7 Å². The average Bonchev–Trinajstić information content (AvgIpc) is 2.54. The van der Waals surface area contributed by atoms with Gasteiger partial charge in [0.25, 0.3) is 0 Å². The minimum atomic E-state index is -4.41. The van der Waals surface area contributed by atoms with Crippen LogP contribution in [-0.4, -0.2) is 13.0 Å². The molecule has 25 heavy (non-hydrogen) atoms. The fourth-order valence-electron chi connectivity index (χ4n) is 3.15. The molecule has 0 aliphatic heterocycles. The van der Waals surface area contributed by atoms with Crippen molar-refractivity contribution in [3.8, 4) is 0 Å². The van der Waals surface area contributed by atoms with Crippen molar-refractivity contribution >= 4 is 20.9 Å². The van der Waals surface area contributed by atoms with Gasteiger partial charge in [-0.15, -0.1) is 0 Å². The Morgan fingerprint density at radius 3 is 2.12 bits per heavy atom. The van der Waals surface area contributed by atoms with Gasteiger partial charge in [0.1, 0.15) is 10.1 Å². The van der Waals surface area contributed by atoms with E-state index < -0.39 is 10.1 Å². The summed E-state index contributed by atoms with van der Waals surface area (Å²) >= 11 is 0. The quantitative estimate of drug-likeness (QED) is 0.377. The molecule has 0 saturated heterocycles. The maximum atomic E-state index is 11.3. The summed E-state index contributed by atoms with van der Waals surface area (Å²) < 4.78 is 33.9. The molecule has 0 saturated carbocycles. The van der Waals surface area contributed by atoms with Gasteiger partial charge in [-0.25, -0.2) is 8.42 Å². The molecule has 2 rings (SSSR count). The van der Waals surface area contributed by atoms with Gasteiger partial charge in [-0.2, -0.15) is 0 Å². The topological polar surface area (TPSA) is 57.2 Å². The van der Waals surface area contributed by atoms with E-state index in [2.05, 4.69) is 19.9 Å². The Hall–Kier alpha value is 0.246. The third-order valence-electron chi connectivity index (χ3n) is 4.48. The Bertz CT molecular complexity index is 785. The predicted molar refractivity (Wildman–Crippen MR) is 98.4 cm³/mol. The smallest absolute Gasteiger partial charge is 0.744 e. The average molecular weight is 387 g/mol. The largest absolute Gasteiger partial charge is 1.00 e. The van der Waals surface area contributed by atoms with Crippen molar-refractivity contribution in [2.75, 3.05) is 0 Å². The van der Waals surface area contributed by atoms with Crippen molar-refractivity contribution in [1.29, 1.82) is 0 Å². The SMILES string of the molecule is CCCCCc1cc(CCCCC)c2ccc(S(=O)(=O)[O-])cc2c1.[K+]. The molecule has 0 unspecified atom stereocenters. The Labute approximate surface area is 194 Å². The first kappa shape index (κ1) is 23.3. The normalized spacial score (nSPS) is 11.5. The Morgan fingerprint density at radius 1 is 0.880 bits per heavy atom. The maximum absolute atomic E-state index is 11.3. The molecule has 3 nitrogen and oxygen atoms in total. The fraction of sp³-hybridized carbons (Fsp3) is 0.500. The molecule has 0 spiro atoms. The summed E-state index contributed by atoms with van der Waals surface area (Å²) in [6.07, 6.45) is 8.99. The summed E-state index contributed by atoms with van der Waals surface area (Å²) in [7, 11) is -4.41. The zero-order valence-electron chi connectivity index (χ0n) is 15.7. The molecule has 0 N–H and O–H groups in total. The predicted octanol–water partition coefficient (Wildman–Crippen LogP) is 2.21. The number of hydrogen-bond donors (Lipinski definition) is 0. The minimum absolute atomic E-state index is 0. The summed E-state index contributed by atoms with van der Waals surface area (Å²) in [6.45, 7) is 4.37. The molecular weight excluding hydrogens is 359 g/mol. The van der Waals surface area contributed by atoms with Gasteiger partial charge in [-0.3, -0.25) is 0 Å². The van der Waals surface area contributed by atoms with E-state index >= 15 is 0 Å². The van der Waals surface area contributed by atoms with Gasteiger partial charge < -0.3 is 4.55 Å². The van der Waals surface area contributed by atoms with Crippen LogP contribution >= 0.6 is 0 Å². The van der Waals surface area contributed by atoms with Gasteiger partial charge >= 0.3 is 51.4 Å². The van der Waals surface area contributed by atoms with Crippen LogP contribution in [0.3, 0.4) is 0 Å². The minimum Gasteiger partial charge on any atom is -0.744 e. The first-order valence-electron chi connectivity index (χ1n) is 8.97. The van der Waals surface area contributed by atoms with Crippen LogP contribution in [0, 0.1) is 0 Å². The molecule has 0 heterocycles.